The molecule has 38 heavy (non-hydrogen) atoms. The molecule has 1 fully saturated rings. The second-order valence-corrected chi connectivity index (χ2v) is 10.0. The number of nitrogens with zero attached hydrogens (tertiary/aromatic N) is 3. The monoisotopic (exact) mass is 549 g/mol. The first-order chi connectivity index (χ1) is 17.9. The van der Waals surface area contributed by atoms with Crippen LogP contribution in [-0.4, -0.2) is 26.6 Å². The van der Waals surface area contributed by atoms with Gasteiger partial charge in [0.15, 0.2) is 0 Å². The van der Waals surface area contributed by atoms with Crippen molar-refractivity contribution in [2.24, 2.45) is 5.73 Å². The lowest BCUT2D eigenvalue weighted by Gasteiger charge is -2.13. The molecule has 3 N–H and O–H groups in total. The molecule has 13 heteroatoms. The van der Waals surface area contributed by atoms with Crippen LogP contribution >= 0.6 is 11.3 Å². The van der Waals surface area contributed by atoms with E-state index >= 15 is 0 Å². The zero-order valence-electron chi connectivity index (χ0n) is 19.8. The van der Waals surface area contributed by atoms with E-state index in [9.17, 15) is 31.5 Å². The molecule has 0 atom stereocenters. The van der Waals surface area contributed by atoms with Crippen LogP contribution in [-0.2, 0) is 17.5 Å². The van der Waals surface area contributed by atoms with Gasteiger partial charge in [0, 0.05) is 11.3 Å². The van der Waals surface area contributed by atoms with E-state index in [0.717, 1.165) is 29.2 Å². The molecule has 7 nitrogen and oxygen atoms in total. The summed E-state index contributed by atoms with van der Waals surface area (Å²) in [6, 6.07) is 8.73. The molecule has 0 aliphatic heterocycles. The number of primary amides is 1. The van der Waals surface area contributed by atoms with E-state index in [1.165, 1.54) is 6.07 Å². The molecule has 1 aliphatic rings. The summed E-state index contributed by atoms with van der Waals surface area (Å²) in [6.07, 6.45) is -6.00. The van der Waals surface area contributed by atoms with Gasteiger partial charge in [0.1, 0.15) is 27.6 Å². The van der Waals surface area contributed by atoms with E-state index in [1.54, 1.807) is 24.3 Å². The Morgan fingerprint density at radius 1 is 1.18 bits per heavy atom. The molecule has 0 spiro atoms. The van der Waals surface area contributed by atoms with Crippen LogP contribution in [0.1, 0.15) is 57.5 Å². The van der Waals surface area contributed by atoms with Crippen molar-refractivity contribution in [3.63, 3.8) is 0 Å². The molecule has 198 valence electrons. The molecule has 0 radical (unpaired) electrons. The Labute approximate surface area is 216 Å². The highest BCUT2D eigenvalue weighted by molar-refractivity contribution is 7.21. The molecule has 3 aromatic heterocycles. The summed E-state index contributed by atoms with van der Waals surface area (Å²) in [5, 5.41) is 6.74. The molecule has 1 saturated carbocycles. The third-order valence-corrected chi connectivity index (χ3v) is 7.24. The number of carbonyl (C=O) groups is 2. The summed E-state index contributed by atoms with van der Waals surface area (Å²) in [4.78, 5) is 28.6. The number of fused-ring (bicyclic) bond motifs is 1. The summed E-state index contributed by atoms with van der Waals surface area (Å²) in [6.45, 7) is 1.21. The van der Waals surface area contributed by atoms with Crippen molar-refractivity contribution < 1.29 is 31.5 Å². The largest absolute Gasteiger partial charge is 0.433 e. The summed E-state index contributed by atoms with van der Waals surface area (Å²) in [5.74, 6) is -1.73. The van der Waals surface area contributed by atoms with Gasteiger partial charge in [0.2, 0.25) is 5.91 Å². The van der Waals surface area contributed by atoms with Gasteiger partial charge < -0.3 is 11.1 Å². The number of aromatic nitrogens is 3. The van der Waals surface area contributed by atoms with Crippen molar-refractivity contribution in [2.75, 3.05) is 5.32 Å². The predicted molar refractivity (Wildman–Crippen MR) is 131 cm³/mol. The van der Waals surface area contributed by atoms with Gasteiger partial charge in [-0.25, -0.2) is 13.8 Å². The number of amides is 2. The Bertz CT molecular complexity index is 1560. The number of thiophene rings is 1. The Hall–Kier alpha value is -3.87. The smallest absolute Gasteiger partial charge is 0.365 e. The van der Waals surface area contributed by atoms with Crippen molar-refractivity contribution in [1.82, 2.24) is 14.8 Å². The number of pyridine rings is 1. The van der Waals surface area contributed by atoms with E-state index in [1.807, 2.05) is 6.92 Å². The van der Waals surface area contributed by atoms with Crippen LogP contribution in [0.3, 0.4) is 0 Å². The first-order valence-corrected chi connectivity index (χ1v) is 12.3. The summed E-state index contributed by atoms with van der Waals surface area (Å²) < 4.78 is 69.1. The Kier molecular flexibility index (Phi) is 6.41. The second-order valence-electron chi connectivity index (χ2n) is 9.04. The number of benzene rings is 1. The highest BCUT2D eigenvalue weighted by Crippen LogP contribution is 2.44. The topological polar surface area (TPSA) is 103 Å². The van der Waals surface area contributed by atoms with Crippen LogP contribution in [0, 0.1) is 6.92 Å². The molecular formula is C25H20F5N5O2S. The SMILES string of the molecule is Cc1ccc(-c2cc(C(F)(F)F)nc3sc(C(N)=O)c(NC(=O)Cn4nc(C5CC5)cc4C(F)F)c23)cc1. The predicted octanol–water partition coefficient (Wildman–Crippen LogP) is 6.04. The average Bonchev–Trinajstić information content (AvgIpc) is 3.50. The molecule has 0 saturated heterocycles. The fourth-order valence-corrected chi connectivity index (χ4v) is 5.15. The minimum absolute atomic E-state index is 0.0738. The number of nitrogens with two attached hydrogens (primary N) is 1. The number of hydrogen-bond donors (Lipinski definition) is 2. The summed E-state index contributed by atoms with van der Waals surface area (Å²) in [7, 11) is 0. The molecule has 1 aliphatic carbocycles. The lowest BCUT2D eigenvalue weighted by atomic mass is 10.00. The maximum Gasteiger partial charge on any atom is 0.433 e. The number of nitrogens with one attached hydrogen (secondary N) is 1. The number of halogens is 5. The number of anilines is 1. The summed E-state index contributed by atoms with van der Waals surface area (Å²) >= 11 is 0.604. The molecule has 4 aromatic rings. The van der Waals surface area contributed by atoms with Crippen LogP contribution < -0.4 is 11.1 Å². The number of alkyl halides is 5. The fraction of sp³-hybridized carbons (Fsp3) is 0.280. The number of carbonyl (C=O) groups excluding carboxylic acids is 2. The van der Waals surface area contributed by atoms with Gasteiger partial charge >= 0.3 is 6.18 Å². The van der Waals surface area contributed by atoms with Gasteiger partial charge in [-0.05, 0) is 43.0 Å². The fourth-order valence-electron chi connectivity index (χ4n) is 4.15. The van der Waals surface area contributed by atoms with Crippen molar-refractivity contribution in [3.8, 4) is 11.1 Å². The minimum atomic E-state index is -4.78. The Morgan fingerprint density at radius 2 is 1.87 bits per heavy atom. The van der Waals surface area contributed by atoms with E-state index in [4.69, 9.17) is 5.73 Å². The third-order valence-electron chi connectivity index (χ3n) is 6.15. The minimum Gasteiger partial charge on any atom is -0.365 e. The van der Waals surface area contributed by atoms with Gasteiger partial charge in [0.25, 0.3) is 12.3 Å². The zero-order valence-corrected chi connectivity index (χ0v) is 20.6. The number of rotatable bonds is 7. The second kappa shape index (κ2) is 9.46. The van der Waals surface area contributed by atoms with Crippen molar-refractivity contribution in [3.05, 3.63) is 63.9 Å². The maximum absolute atomic E-state index is 13.7. The molecular weight excluding hydrogens is 529 g/mol. The number of aryl methyl sites for hydroxylation is 1. The Balaban J connectivity index is 1.61. The first kappa shape index (κ1) is 25.8. The molecule has 5 rings (SSSR count). The Morgan fingerprint density at radius 3 is 2.45 bits per heavy atom. The van der Waals surface area contributed by atoms with Crippen LogP contribution in [0.2, 0.25) is 0 Å². The first-order valence-electron chi connectivity index (χ1n) is 11.5. The average molecular weight is 550 g/mol. The van der Waals surface area contributed by atoms with E-state index in [0.29, 0.717) is 22.6 Å². The molecule has 3 heterocycles. The highest BCUT2D eigenvalue weighted by atomic mass is 32.1. The lowest BCUT2D eigenvalue weighted by Crippen LogP contribution is -2.22. The maximum atomic E-state index is 13.7. The highest BCUT2D eigenvalue weighted by Gasteiger charge is 2.35. The van der Waals surface area contributed by atoms with Gasteiger partial charge in [-0.2, -0.15) is 18.3 Å². The van der Waals surface area contributed by atoms with Gasteiger partial charge in [-0.3, -0.25) is 14.3 Å². The van der Waals surface area contributed by atoms with Crippen LogP contribution in [0.5, 0.6) is 0 Å². The van der Waals surface area contributed by atoms with Crippen molar-refractivity contribution >= 4 is 39.1 Å². The quantitative estimate of drug-likeness (QED) is 0.275. The van der Waals surface area contributed by atoms with E-state index < -0.39 is 42.3 Å². The number of hydrogen-bond acceptors (Lipinski definition) is 5. The molecule has 1 aromatic carbocycles. The summed E-state index contributed by atoms with van der Waals surface area (Å²) in [5.41, 5.74) is 5.56. The molecule has 2 amide bonds. The van der Waals surface area contributed by atoms with Crippen molar-refractivity contribution in [2.45, 2.75) is 44.8 Å². The molecule has 0 bridgehead atoms. The van der Waals surface area contributed by atoms with Crippen LogP contribution in [0.4, 0.5) is 27.6 Å². The zero-order chi connectivity index (χ0) is 27.4. The van der Waals surface area contributed by atoms with E-state index in [-0.39, 0.29) is 32.3 Å². The lowest BCUT2D eigenvalue weighted by molar-refractivity contribution is -0.140. The third kappa shape index (κ3) is 4.97. The molecule has 0 unspecified atom stereocenters. The standard InChI is InChI=1S/C25H20F5N5O2S/c1-11-2-4-12(5-3-11)14-8-17(25(28,29)30)32-24-19(14)20(21(38-24)23(31)37)33-18(36)10-35-16(22(26)27)9-15(34-35)13-6-7-13/h2-5,8-9,13,22H,6-7,10H2,1H3,(H2,31,37)(H,33,36). The van der Waals surface area contributed by atoms with Gasteiger partial charge in [0.05, 0.1) is 11.4 Å². The van der Waals surface area contributed by atoms with Crippen LogP contribution in [0.25, 0.3) is 21.3 Å². The van der Waals surface area contributed by atoms with Crippen LogP contribution in [0.15, 0.2) is 36.4 Å². The van der Waals surface area contributed by atoms with Crippen molar-refractivity contribution in [1.29, 1.82) is 0 Å². The van der Waals surface area contributed by atoms with Gasteiger partial charge in [-0.1, -0.05) is 29.8 Å². The van der Waals surface area contributed by atoms with Gasteiger partial charge in [-0.15, -0.1) is 11.3 Å². The van der Waals surface area contributed by atoms with E-state index in [2.05, 4.69) is 15.4 Å². The normalized spacial score (nSPS) is 13.9.